The van der Waals surface area contributed by atoms with Gasteiger partial charge in [-0.25, -0.2) is 4.98 Å². The summed E-state index contributed by atoms with van der Waals surface area (Å²) in [5, 5.41) is 12.6. The number of hydrogen-bond donors (Lipinski definition) is 2. The molecule has 5 nitrogen and oxygen atoms in total. The van der Waals surface area contributed by atoms with E-state index in [0.717, 1.165) is 0 Å². The van der Waals surface area contributed by atoms with Crippen molar-refractivity contribution in [1.29, 1.82) is 0 Å². The van der Waals surface area contributed by atoms with Gasteiger partial charge in [0.25, 0.3) is 5.91 Å². The van der Waals surface area contributed by atoms with E-state index in [0.29, 0.717) is 6.42 Å². The van der Waals surface area contributed by atoms with Crippen LogP contribution < -0.4 is 5.32 Å². The van der Waals surface area contributed by atoms with Crippen molar-refractivity contribution < 1.29 is 9.90 Å². The van der Waals surface area contributed by atoms with Crippen molar-refractivity contribution in [1.82, 2.24) is 15.3 Å². The summed E-state index contributed by atoms with van der Waals surface area (Å²) in [6.45, 7) is 3.82. The average Bonchev–Trinajstić information content (AvgIpc) is 2.28. The van der Waals surface area contributed by atoms with Crippen LogP contribution in [-0.4, -0.2) is 33.1 Å². The standard InChI is InChI=1S/C11H14ClN3O2/c1-11(2)7(3-8(11)16)15-10(17)6-4-13-5-9(12)14-6/h4-5,7-8,16H,3H2,1-2H3,(H,15,17). The van der Waals surface area contributed by atoms with Crippen LogP contribution in [0.2, 0.25) is 5.15 Å². The number of amides is 1. The van der Waals surface area contributed by atoms with Crippen molar-refractivity contribution in [2.45, 2.75) is 32.4 Å². The fourth-order valence-corrected chi connectivity index (χ4v) is 1.98. The minimum Gasteiger partial charge on any atom is -0.392 e. The van der Waals surface area contributed by atoms with Crippen LogP contribution in [0.5, 0.6) is 0 Å². The number of nitrogens with one attached hydrogen (secondary N) is 1. The van der Waals surface area contributed by atoms with E-state index in [1.807, 2.05) is 13.8 Å². The predicted molar refractivity (Wildman–Crippen MR) is 62.7 cm³/mol. The van der Waals surface area contributed by atoms with E-state index in [9.17, 15) is 9.90 Å². The molecule has 1 aliphatic carbocycles. The number of carbonyl (C=O) groups is 1. The van der Waals surface area contributed by atoms with Crippen LogP contribution in [0, 0.1) is 5.41 Å². The largest absolute Gasteiger partial charge is 0.392 e. The Labute approximate surface area is 104 Å². The topological polar surface area (TPSA) is 75.1 Å². The molecule has 2 N–H and O–H groups in total. The molecule has 1 fully saturated rings. The summed E-state index contributed by atoms with van der Waals surface area (Å²) < 4.78 is 0. The van der Waals surface area contributed by atoms with Gasteiger partial charge in [0.05, 0.1) is 18.5 Å². The van der Waals surface area contributed by atoms with E-state index in [2.05, 4.69) is 15.3 Å². The third-order valence-corrected chi connectivity index (χ3v) is 3.54. The van der Waals surface area contributed by atoms with Gasteiger partial charge in [-0.1, -0.05) is 25.4 Å². The molecule has 1 aromatic rings. The maximum atomic E-state index is 11.8. The maximum absolute atomic E-state index is 11.8. The van der Waals surface area contributed by atoms with Crippen LogP contribution in [0.15, 0.2) is 12.4 Å². The SMILES string of the molecule is CC1(C)C(O)CC1NC(=O)c1cncc(Cl)n1. The molecule has 2 rings (SSSR count). The molecule has 2 atom stereocenters. The Hall–Kier alpha value is -1.20. The Morgan fingerprint density at radius 1 is 1.59 bits per heavy atom. The van der Waals surface area contributed by atoms with Crippen LogP contribution in [0.3, 0.4) is 0 Å². The van der Waals surface area contributed by atoms with Gasteiger partial charge in [-0.05, 0) is 6.42 Å². The molecule has 1 aliphatic rings. The van der Waals surface area contributed by atoms with E-state index in [-0.39, 0.29) is 34.3 Å². The van der Waals surface area contributed by atoms with Crippen LogP contribution in [0.1, 0.15) is 30.8 Å². The zero-order chi connectivity index (χ0) is 12.6. The Morgan fingerprint density at radius 3 is 2.82 bits per heavy atom. The first-order valence-corrected chi connectivity index (χ1v) is 5.75. The quantitative estimate of drug-likeness (QED) is 0.827. The Morgan fingerprint density at radius 2 is 2.29 bits per heavy atom. The predicted octanol–water partition coefficient (Wildman–Crippen LogP) is 1.02. The lowest BCUT2D eigenvalue weighted by Crippen LogP contribution is -2.61. The summed E-state index contributed by atoms with van der Waals surface area (Å²) in [7, 11) is 0. The molecule has 1 amide bonds. The second kappa shape index (κ2) is 4.23. The number of aliphatic hydroxyl groups is 1. The maximum Gasteiger partial charge on any atom is 0.271 e. The molecule has 0 saturated heterocycles. The molecule has 1 saturated carbocycles. The average molecular weight is 256 g/mol. The molecule has 1 heterocycles. The second-order valence-corrected chi connectivity index (χ2v) is 5.21. The molecule has 92 valence electrons. The number of halogens is 1. The van der Waals surface area contributed by atoms with Crippen LogP contribution in [0.25, 0.3) is 0 Å². The molecule has 0 aliphatic heterocycles. The van der Waals surface area contributed by atoms with Gasteiger partial charge in [0.1, 0.15) is 10.8 Å². The molecule has 1 aromatic heterocycles. The van der Waals surface area contributed by atoms with Gasteiger partial charge in [-0.2, -0.15) is 0 Å². The summed E-state index contributed by atoms with van der Waals surface area (Å²) >= 11 is 5.66. The molecular weight excluding hydrogens is 242 g/mol. The minimum absolute atomic E-state index is 0.0502. The van der Waals surface area contributed by atoms with Crippen molar-refractivity contribution in [2.24, 2.45) is 5.41 Å². The summed E-state index contributed by atoms with van der Waals surface area (Å²) in [5.74, 6) is -0.315. The number of nitrogens with zero attached hydrogens (tertiary/aromatic N) is 2. The smallest absolute Gasteiger partial charge is 0.271 e. The van der Waals surface area contributed by atoms with Gasteiger partial charge in [0, 0.05) is 11.5 Å². The third-order valence-electron chi connectivity index (χ3n) is 3.36. The number of hydrogen-bond acceptors (Lipinski definition) is 4. The zero-order valence-corrected chi connectivity index (χ0v) is 10.4. The summed E-state index contributed by atoms with van der Waals surface area (Å²) in [4.78, 5) is 19.5. The lowest BCUT2D eigenvalue weighted by molar-refractivity contribution is -0.0690. The lowest BCUT2D eigenvalue weighted by Gasteiger charge is -2.49. The van der Waals surface area contributed by atoms with E-state index in [4.69, 9.17) is 11.6 Å². The van der Waals surface area contributed by atoms with Gasteiger partial charge < -0.3 is 10.4 Å². The third kappa shape index (κ3) is 2.25. The van der Waals surface area contributed by atoms with Gasteiger partial charge in [0.15, 0.2) is 0 Å². The van der Waals surface area contributed by atoms with Crippen LogP contribution in [0.4, 0.5) is 0 Å². The first-order valence-electron chi connectivity index (χ1n) is 5.37. The number of aliphatic hydroxyl groups excluding tert-OH is 1. The van der Waals surface area contributed by atoms with Crippen molar-refractivity contribution in [3.63, 3.8) is 0 Å². The highest BCUT2D eigenvalue weighted by atomic mass is 35.5. The van der Waals surface area contributed by atoms with E-state index < -0.39 is 0 Å². The first kappa shape index (κ1) is 12.3. The zero-order valence-electron chi connectivity index (χ0n) is 9.64. The first-order chi connectivity index (χ1) is 7.91. The molecule has 17 heavy (non-hydrogen) atoms. The molecule has 6 heteroatoms. The lowest BCUT2D eigenvalue weighted by atomic mass is 9.64. The van der Waals surface area contributed by atoms with Crippen LogP contribution in [-0.2, 0) is 0 Å². The van der Waals surface area contributed by atoms with Gasteiger partial charge >= 0.3 is 0 Å². The normalized spacial score (nSPS) is 26.1. The Balaban J connectivity index is 2.04. The highest BCUT2D eigenvalue weighted by Crippen LogP contribution is 2.40. The molecule has 0 bridgehead atoms. The Bertz CT molecular complexity index is 450. The monoisotopic (exact) mass is 255 g/mol. The molecule has 0 spiro atoms. The Kier molecular flexibility index (Phi) is 3.05. The van der Waals surface area contributed by atoms with Gasteiger partial charge in [-0.3, -0.25) is 9.78 Å². The molecule has 0 radical (unpaired) electrons. The number of rotatable bonds is 2. The summed E-state index contributed by atoms with van der Waals surface area (Å²) in [6.07, 6.45) is 2.92. The summed E-state index contributed by atoms with van der Waals surface area (Å²) in [6, 6.07) is -0.0502. The summed E-state index contributed by atoms with van der Waals surface area (Å²) in [5.41, 5.74) is -0.114. The van der Waals surface area contributed by atoms with Gasteiger partial charge in [0.2, 0.25) is 0 Å². The fourth-order valence-electron chi connectivity index (χ4n) is 1.83. The number of carbonyl (C=O) groups excluding carboxylic acids is 1. The van der Waals surface area contributed by atoms with E-state index >= 15 is 0 Å². The van der Waals surface area contributed by atoms with Crippen molar-refractivity contribution in [3.8, 4) is 0 Å². The molecule has 0 aromatic carbocycles. The molecule has 2 unspecified atom stereocenters. The van der Waals surface area contributed by atoms with E-state index in [1.54, 1.807) is 0 Å². The highest BCUT2D eigenvalue weighted by Gasteiger charge is 2.48. The number of aromatic nitrogens is 2. The second-order valence-electron chi connectivity index (χ2n) is 4.83. The van der Waals surface area contributed by atoms with Crippen LogP contribution >= 0.6 is 11.6 Å². The minimum atomic E-state index is -0.377. The fraction of sp³-hybridized carbons (Fsp3) is 0.545. The van der Waals surface area contributed by atoms with Crippen molar-refractivity contribution in [2.75, 3.05) is 0 Å². The van der Waals surface area contributed by atoms with E-state index in [1.165, 1.54) is 12.4 Å². The van der Waals surface area contributed by atoms with Gasteiger partial charge in [-0.15, -0.1) is 0 Å². The molecular formula is C11H14ClN3O2. The van der Waals surface area contributed by atoms with Crippen molar-refractivity contribution >= 4 is 17.5 Å². The van der Waals surface area contributed by atoms with Crippen molar-refractivity contribution in [3.05, 3.63) is 23.2 Å². The highest BCUT2D eigenvalue weighted by molar-refractivity contribution is 6.29.